The van der Waals surface area contributed by atoms with Crippen molar-refractivity contribution in [3.8, 4) is 0 Å². The van der Waals surface area contributed by atoms with Gasteiger partial charge in [0.15, 0.2) is 5.58 Å². The molecular formula is C14H18N2O4. The number of para-hydroxylation sites is 1. The highest BCUT2D eigenvalue weighted by molar-refractivity contribution is 6.04. The monoisotopic (exact) mass is 278 g/mol. The Morgan fingerprint density at radius 3 is 2.95 bits per heavy atom. The molecule has 1 heterocycles. The maximum absolute atomic E-state index is 12.2. The summed E-state index contributed by atoms with van der Waals surface area (Å²) in [6.45, 7) is 1.97. The SMILES string of the molecule is CC(CCCO)NC(=O)c1cccc2c1oc(=O)n2C. The lowest BCUT2D eigenvalue weighted by atomic mass is 10.1. The fourth-order valence-electron chi connectivity index (χ4n) is 2.10. The average molecular weight is 278 g/mol. The van der Waals surface area contributed by atoms with E-state index in [9.17, 15) is 9.59 Å². The fourth-order valence-corrected chi connectivity index (χ4v) is 2.10. The number of aromatic nitrogens is 1. The molecule has 0 aliphatic carbocycles. The summed E-state index contributed by atoms with van der Waals surface area (Å²) in [5, 5.41) is 11.6. The van der Waals surface area contributed by atoms with Crippen molar-refractivity contribution in [1.82, 2.24) is 9.88 Å². The third-order valence-electron chi connectivity index (χ3n) is 3.24. The second kappa shape index (κ2) is 5.92. The number of fused-ring (bicyclic) bond motifs is 1. The number of amides is 1. The van der Waals surface area contributed by atoms with Crippen molar-refractivity contribution in [2.24, 2.45) is 7.05 Å². The third-order valence-corrected chi connectivity index (χ3v) is 3.24. The van der Waals surface area contributed by atoms with E-state index in [1.54, 1.807) is 25.2 Å². The normalized spacial score (nSPS) is 12.6. The van der Waals surface area contributed by atoms with Crippen LogP contribution in [0, 0.1) is 0 Å². The Balaban J connectivity index is 2.26. The molecule has 2 aromatic rings. The molecule has 0 spiro atoms. The molecule has 0 radical (unpaired) electrons. The lowest BCUT2D eigenvalue weighted by molar-refractivity contribution is 0.0937. The van der Waals surface area contributed by atoms with Crippen LogP contribution >= 0.6 is 0 Å². The first-order chi connectivity index (χ1) is 9.54. The van der Waals surface area contributed by atoms with Gasteiger partial charge in [0.1, 0.15) is 0 Å². The number of hydrogen-bond acceptors (Lipinski definition) is 4. The van der Waals surface area contributed by atoms with Crippen LogP contribution in [0.25, 0.3) is 11.1 Å². The minimum atomic E-state index is -0.492. The van der Waals surface area contributed by atoms with Crippen LogP contribution in [0.3, 0.4) is 0 Å². The highest BCUT2D eigenvalue weighted by Gasteiger charge is 2.17. The lowest BCUT2D eigenvalue weighted by Crippen LogP contribution is -2.32. The molecular weight excluding hydrogens is 260 g/mol. The molecule has 20 heavy (non-hydrogen) atoms. The van der Waals surface area contributed by atoms with Crippen molar-refractivity contribution in [3.05, 3.63) is 34.3 Å². The maximum Gasteiger partial charge on any atom is 0.419 e. The van der Waals surface area contributed by atoms with Gasteiger partial charge in [0.05, 0.1) is 11.1 Å². The average Bonchev–Trinajstić information content (AvgIpc) is 2.72. The lowest BCUT2D eigenvalue weighted by Gasteiger charge is -2.13. The van der Waals surface area contributed by atoms with Gasteiger partial charge in [-0.15, -0.1) is 0 Å². The number of hydrogen-bond donors (Lipinski definition) is 2. The van der Waals surface area contributed by atoms with Crippen molar-refractivity contribution >= 4 is 17.0 Å². The Labute approximate surface area is 116 Å². The number of carbonyl (C=O) groups excluding carboxylic acids is 1. The first kappa shape index (κ1) is 14.3. The predicted octanol–water partition coefficient (Wildman–Crippen LogP) is 1.02. The van der Waals surface area contributed by atoms with E-state index in [-0.39, 0.29) is 18.6 Å². The van der Waals surface area contributed by atoms with Gasteiger partial charge < -0.3 is 14.8 Å². The number of carbonyl (C=O) groups is 1. The number of benzene rings is 1. The van der Waals surface area contributed by atoms with Gasteiger partial charge in [0.25, 0.3) is 5.91 Å². The van der Waals surface area contributed by atoms with E-state index in [4.69, 9.17) is 9.52 Å². The third kappa shape index (κ3) is 2.75. The quantitative estimate of drug-likeness (QED) is 0.855. The van der Waals surface area contributed by atoms with Gasteiger partial charge in [0.2, 0.25) is 0 Å². The number of aliphatic hydroxyl groups is 1. The molecule has 0 bridgehead atoms. The largest absolute Gasteiger partial charge is 0.419 e. The molecule has 1 aromatic heterocycles. The molecule has 6 nitrogen and oxygen atoms in total. The van der Waals surface area contributed by atoms with Gasteiger partial charge in [-0.05, 0) is 31.9 Å². The van der Waals surface area contributed by atoms with Crippen LogP contribution in [0.2, 0.25) is 0 Å². The molecule has 0 saturated heterocycles. The van der Waals surface area contributed by atoms with Crippen molar-refractivity contribution in [2.45, 2.75) is 25.8 Å². The molecule has 1 amide bonds. The van der Waals surface area contributed by atoms with Crippen LogP contribution in [-0.2, 0) is 7.05 Å². The number of rotatable bonds is 5. The highest BCUT2D eigenvalue weighted by Crippen LogP contribution is 2.17. The summed E-state index contributed by atoms with van der Waals surface area (Å²) in [5.41, 5.74) is 1.23. The molecule has 0 saturated carbocycles. The first-order valence-electron chi connectivity index (χ1n) is 6.55. The zero-order valence-corrected chi connectivity index (χ0v) is 11.5. The van der Waals surface area contributed by atoms with E-state index < -0.39 is 5.76 Å². The van der Waals surface area contributed by atoms with E-state index in [2.05, 4.69) is 5.32 Å². The maximum atomic E-state index is 12.2. The Morgan fingerprint density at radius 2 is 2.25 bits per heavy atom. The van der Waals surface area contributed by atoms with Crippen LogP contribution in [0.1, 0.15) is 30.1 Å². The summed E-state index contributed by atoms with van der Waals surface area (Å²) >= 11 is 0. The molecule has 108 valence electrons. The standard InChI is InChI=1S/C14H18N2O4/c1-9(5-4-8-17)15-13(18)10-6-3-7-11-12(10)20-14(19)16(11)2/h3,6-7,9,17H,4-5,8H2,1-2H3,(H,15,18). The molecule has 1 atom stereocenters. The van der Waals surface area contributed by atoms with Crippen LogP contribution in [0.4, 0.5) is 0 Å². The minimum Gasteiger partial charge on any atom is -0.407 e. The second-order valence-electron chi connectivity index (χ2n) is 4.82. The molecule has 1 unspecified atom stereocenters. The summed E-state index contributed by atoms with van der Waals surface area (Å²) < 4.78 is 6.48. The topological polar surface area (TPSA) is 84.5 Å². The number of aliphatic hydroxyl groups excluding tert-OH is 1. The fraction of sp³-hybridized carbons (Fsp3) is 0.429. The van der Waals surface area contributed by atoms with E-state index in [1.165, 1.54) is 4.57 Å². The Bertz CT molecular complexity index is 671. The number of oxazole rings is 1. The minimum absolute atomic E-state index is 0.0552. The number of nitrogens with zero attached hydrogens (tertiary/aromatic N) is 1. The van der Waals surface area contributed by atoms with Crippen molar-refractivity contribution in [2.75, 3.05) is 6.61 Å². The molecule has 2 N–H and O–H groups in total. The van der Waals surface area contributed by atoms with Crippen molar-refractivity contribution < 1.29 is 14.3 Å². The Morgan fingerprint density at radius 1 is 1.50 bits per heavy atom. The van der Waals surface area contributed by atoms with E-state index in [0.717, 1.165) is 0 Å². The molecule has 0 fully saturated rings. The summed E-state index contributed by atoms with van der Waals surface area (Å²) in [4.78, 5) is 23.7. The Hall–Kier alpha value is -2.08. The zero-order chi connectivity index (χ0) is 14.7. The summed E-state index contributed by atoms with van der Waals surface area (Å²) in [7, 11) is 1.60. The van der Waals surface area contributed by atoms with Crippen LogP contribution in [0.5, 0.6) is 0 Å². The molecule has 0 aliphatic rings. The summed E-state index contributed by atoms with van der Waals surface area (Å²) in [6.07, 6.45) is 1.32. The number of nitrogens with one attached hydrogen (secondary N) is 1. The van der Waals surface area contributed by atoms with E-state index in [0.29, 0.717) is 29.5 Å². The zero-order valence-electron chi connectivity index (χ0n) is 11.5. The molecule has 6 heteroatoms. The van der Waals surface area contributed by atoms with Gasteiger partial charge in [-0.1, -0.05) is 6.07 Å². The van der Waals surface area contributed by atoms with Gasteiger partial charge >= 0.3 is 5.76 Å². The van der Waals surface area contributed by atoms with Gasteiger partial charge in [-0.3, -0.25) is 9.36 Å². The Kier molecular flexibility index (Phi) is 4.24. The summed E-state index contributed by atoms with van der Waals surface area (Å²) in [6, 6.07) is 5.01. The highest BCUT2D eigenvalue weighted by atomic mass is 16.4. The smallest absolute Gasteiger partial charge is 0.407 e. The molecule has 0 aliphatic heterocycles. The molecule has 2 rings (SSSR count). The summed E-state index contributed by atoms with van der Waals surface area (Å²) in [5.74, 6) is -0.774. The molecule has 1 aromatic carbocycles. The van der Waals surface area contributed by atoms with Gasteiger partial charge in [0, 0.05) is 19.7 Å². The van der Waals surface area contributed by atoms with E-state index >= 15 is 0 Å². The van der Waals surface area contributed by atoms with Crippen LogP contribution < -0.4 is 11.1 Å². The van der Waals surface area contributed by atoms with Crippen molar-refractivity contribution in [3.63, 3.8) is 0 Å². The van der Waals surface area contributed by atoms with Crippen LogP contribution in [0.15, 0.2) is 27.4 Å². The number of aryl methyl sites for hydroxylation is 1. The predicted molar refractivity (Wildman–Crippen MR) is 74.7 cm³/mol. The first-order valence-corrected chi connectivity index (χ1v) is 6.55. The van der Waals surface area contributed by atoms with Crippen LogP contribution in [-0.4, -0.2) is 28.2 Å². The second-order valence-corrected chi connectivity index (χ2v) is 4.82. The van der Waals surface area contributed by atoms with E-state index in [1.807, 2.05) is 6.92 Å². The van der Waals surface area contributed by atoms with Crippen molar-refractivity contribution in [1.29, 1.82) is 0 Å². The van der Waals surface area contributed by atoms with Gasteiger partial charge in [-0.25, -0.2) is 4.79 Å². The van der Waals surface area contributed by atoms with Gasteiger partial charge in [-0.2, -0.15) is 0 Å².